The third-order valence-electron chi connectivity index (χ3n) is 3.40. The molecular weight excluding hydrogens is 260 g/mol. The standard InChI is InChI=1S/C18H18N2O/c1-14(17-5-3-2-4-6-17)20-18(21)12-11-15-7-9-16(13-19)10-8-15/h2-10,14H,11-12H2,1H3,(H,20,21)/t14-/m1/s1. The van der Waals surface area contributed by atoms with E-state index in [4.69, 9.17) is 5.26 Å². The van der Waals surface area contributed by atoms with E-state index in [1.165, 1.54) is 0 Å². The highest BCUT2D eigenvalue weighted by Gasteiger charge is 2.09. The maximum atomic E-state index is 12.0. The van der Waals surface area contributed by atoms with Gasteiger partial charge in [0, 0.05) is 6.42 Å². The van der Waals surface area contributed by atoms with Crippen molar-refractivity contribution >= 4 is 5.91 Å². The number of rotatable bonds is 5. The van der Waals surface area contributed by atoms with E-state index < -0.39 is 0 Å². The van der Waals surface area contributed by atoms with Crippen molar-refractivity contribution in [3.8, 4) is 6.07 Å². The van der Waals surface area contributed by atoms with Gasteiger partial charge in [0.2, 0.25) is 5.91 Å². The van der Waals surface area contributed by atoms with Gasteiger partial charge >= 0.3 is 0 Å². The second-order valence-electron chi connectivity index (χ2n) is 5.01. The van der Waals surface area contributed by atoms with Gasteiger partial charge in [-0.15, -0.1) is 0 Å². The first-order valence-corrected chi connectivity index (χ1v) is 7.02. The van der Waals surface area contributed by atoms with Gasteiger partial charge in [0.05, 0.1) is 17.7 Å². The summed E-state index contributed by atoms with van der Waals surface area (Å²) in [5.41, 5.74) is 2.81. The summed E-state index contributed by atoms with van der Waals surface area (Å²) in [6.45, 7) is 1.98. The first-order chi connectivity index (χ1) is 10.2. The van der Waals surface area contributed by atoms with E-state index in [9.17, 15) is 4.79 Å². The van der Waals surface area contributed by atoms with Crippen LogP contribution in [0.3, 0.4) is 0 Å². The Morgan fingerprint density at radius 2 is 1.81 bits per heavy atom. The molecule has 3 nitrogen and oxygen atoms in total. The quantitative estimate of drug-likeness (QED) is 0.911. The lowest BCUT2D eigenvalue weighted by Crippen LogP contribution is -2.26. The second kappa shape index (κ2) is 7.25. The normalized spacial score (nSPS) is 11.4. The topological polar surface area (TPSA) is 52.9 Å². The highest BCUT2D eigenvalue weighted by molar-refractivity contribution is 5.76. The summed E-state index contributed by atoms with van der Waals surface area (Å²) in [6, 6.07) is 19.3. The van der Waals surface area contributed by atoms with E-state index in [2.05, 4.69) is 11.4 Å². The lowest BCUT2D eigenvalue weighted by Gasteiger charge is -2.14. The van der Waals surface area contributed by atoms with Crippen LogP contribution in [-0.4, -0.2) is 5.91 Å². The predicted molar refractivity (Wildman–Crippen MR) is 82.5 cm³/mol. The summed E-state index contributed by atoms with van der Waals surface area (Å²) < 4.78 is 0. The van der Waals surface area contributed by atoms with Crippen LogP contribution >= 0.6 is 0 Å². The number of carbonyl (C=O) groups is 1. The zero-order valence-electron chi connectivity index (χ0n) is 12.0. The van der Waals surface area contributed by atoms with Crippen molar-refractivity contribution in [2.45, 2.75) is 25.8 Å². The van der Waals surface area contributed by atoms with Gasteiger partial charge in [0.15, 0.2) is 0 Å². The molecule has 3 heteroatoms. The lowest BCUT2D eigenvalue weighted by atomic mass is 10.1. The van der Waals surface area contributed by atoms with Crippen molar-refractivity contribution in [3.05, 3.63) is 71.3 Å². The molecule has 2 aromatic carbocycles. The molecule has 2 aromatic rings. The van der Waals surface area contributed by atoms with E-state index in [0.29, 0.717) is 18.4 Å². The van der Waals surface area contributed by atoms with Gasteiger partial charge in [-0.2, -0.15) is 5.26 Å². The molecule has 21 heavy (non-hydrogen) atoms. The van der Waals surface area contributed by atoms with Gasteiger partial charge in [-0.05, 0) is 36.6 Å². The van der Waals surface area contributed by atoms with Crippen LogP contribution in [0.1, 0.15) is 36.1 Å². The average Bonchev–Trinajstić information content (AvgIpc) is 2.54. The Labute approximate surface area is 125 Å². The highest BCUT2D eigenvalue weighted by atomic mass is 16.1. The number of nitriles is 1. The van der Waals surface area contributed by atoms with Gasteiger partial charge in [-0.25, -0.2) is 0 Å². The molecule has 1 amide bonds. The molecule has 0 saturated carbocycles. The number of amides is 1. The molecule has 0 aliphatic rings. The van der Waals surface area contributed by atoms with Crippen molar-refractivity contribution < 1.29 is 4.79 Å². The van der Waals surface area contributed by atoms with Crippen molar-refractivity contribution in [2.24, 2.45) is 0 Å². The van der Waals surface area contributed by atoms with Crippen molar-refractivity contribution in [1.82, 2.24) is 5.32 Å². The molecule has 0 unspecified atom stereocenters. The van der Waals surface area contributed by atoms with E-state index in [1.54, 1.807) is 12.1 Å². The number of nitrogens with zero attached hydrogens (tertiary/aromatic N) is 1. The molecule has 1 N–H and O–H groups in total. The van der Waals surface area contributed by atoms with Crippen LogP contribution in [0.25, 0.3) is 0 Å². The van der Waals surface area contributed by atoms with Crippen LogP contribution in [0.15, 0.2) is 54.6 Å². The molecule has 1 atom stereocenters. The van der Waals surface area contributed by atoms with Crippen LogP contribution < -0.4 is 5.32 Å². The van der Waals surface area contributed by atoms with Crippen LogP contribution in [0, 0.1) is 11.3 Å². The van der Waals surface area contributed by atoms with Gasteiger partial charge in [-0.1, -0.05) is 42.5 Å². The minimum absolute atomic E-state index is 0.0136. The number of nitrogens with one attached hydrogen (secondary N) is 1. The summed E-state index contributed by atoms with van der Waals surface area (Å²) in [7, 11) is 0. The zero-order valence-corrected chi connectivity index (χ0v) is 12.0. The molecule has 0 spiro atoms. The summed E-state index contributed by atoms with van der Waals surface area (Å²) in [5.74, 6) is 0.0377. The zero-order chi connectivity index (χ0) is 15.1. The SMILES string of the molecule is C[C@@H](NC(=O)CCc1ccc(C#N)cc1)c1ccccc1. The van der Waals surface area contributed by atoms with Gasteiger partial charge in [-0.3, -0.25) is 4.79 Å². The molecule has 0 heterocycles. The summed E-state index contributed by atoms with van der Waals surface area (Å²) >= 11 is 0. The molecule has 0 aromatic heterocycles. The molecular formula is C18H18N2O. The van der Waals surface area contributed by atoms with E-state index in [1.807, 2.05) is 49.4 Å². The van der Waals surface area contributed by atoms with Gasteiger partial charge in [0.1, 0.15) is 0 Å². The van der Waals surface area contributed by atoms with Crippen LogP contribution in [0.5, 0.6) is 0 Å². The predicted octanol–water partition coefficient (Wildman–Crippen LogP) is 3.37. The summed E-state index contributed by atoms with van der Waals surface area (Å²) in [5, 5.41) is 11.7. The highest BCUT2D eigenvalue weighted by Crippen LogP contribution is 2.12. The molecule has 0 aliphatic carbocycles. The van der Waals surface area contributed by atoms with Crippen LogP contribution in [0.4, 0.5) is 0 Å². The van der Waals surface area contributed by atoms with Crippen molar-refractivity contribution in [3.63, 3.8) is 0 Å². The Morgan fingerprint density at radius 1 is 1.14 bits per heavy atom. The Kier molecular flexibility index (Phi) is 5.11. The number of hydrogen-bond donors (Lipinski definition) is 1. The fourth-order valence-electron chi connectivity index (χ4n) is 2.14. The van der Waals surface area contributed by atoms with Crippen LogP contribution in [0.2, 0.25) is 0 Å². The number of hydrogen-bond acceptors (Lipinski definition) is 2. The third-order valence-corrected chi connectivity index (χ3v) is 3.40. The monoisotopic (exact) mass is 278 g/mol. The Bertz CT molecular complexity index is 627. The number of carbonyl (C=O) groups excluding carboxylic acids is 1. The molecule has 2 rings (SSSR count). The van der Waals surface area contributed by atoms with Gasteiger partial charge < -0.3 is 5.32 Å². The molecule has 0 radical (unpaired) electrons. The largest absolute Gasteiger partial charge is 0.350 e. The van der Waals surface area contributed by atoms with E-state index >= 15 is 0 Å². The molecule has 106 valence electrons. The second-order valence-corrected chi connectivity index (χ2v) is 5.01. The fourth-order valence-corrected chi connectivity index (χ4v) is 2.14. The molecule has 0 fully saturated rings. The smallest absolute Gasteiger partial charge is 0.220 e. The number of benzene rings is 2. The van der Waals surface area contributed by atoms with Crippen LogP contribution in [-0.2, 0) is 11.2 Å². The molecule has 0 bridgehead atoms. The Hall–Kier alpha value is -2.60. The van der Waals surface area contributed by atoms with Gasteiger partial charge in [0.25, 0.3) is 0 Å². The Balaban J connectivity index is 1.83. The van der Waals surface area contributed by atoms with Crippen molar-refractivity contribution in [2.75, 3.05) is 0 Å². The van der Waals surface area contributed by atoms with Crippen molar-refractivity contribution in [1.29, 1.82) is 5.26 Å². The third kappa shape index (κ3) is 4.47. The first-order valence-electron chi connectivity index (χ1n) is 7.02. The maximum Gasteiger partial charge on any atom is 0.220 e. The van der Waals surface area contributed by atoms with E-state index in [0.717, 1.165) is 11.1 Å². The minimum Gasteiger partial charge on any atom is -0.350 e. The fraction of sp³-hybridized carbons (Fsp3) is 0.222. The minimum atomic E-state index is 0.0136. The number of aryl methyl sites for hydroxylation is 1. The van der Waals surface area contributed by atoms with E-state index in [-0.39, 0.29) is 11.9 Å². The molecule has 0 saturated heterocycles. The molecule has 0 aliphatic heterocycles. The average molecular weight is 278 g/mol. The maximum absolute atomic E-state index is 12.0. The first kappa shape index (κ1) is 14.8. The summed E-state index contributed by atoms with van der Waals surface area (Å²) in [6.07, 6.45) is 1.13. The lowest BCUT2D eigenvalue weighted by molar-refractivity contribution is -0.121. The Morgan fingerprint density at radius 3 is 2.43 bits per heavy atom. The summed E-state index contributed by atoms with van der Waals surface area (Å²) in [4.78, 5) is 12.0.